The van der Waals surface area contributed by atoms with Crippen molar-refractivity contribution in [3.05, 3.63) is 71.8 Å². The van der Waals surface area contributed by atoms with Crippen LogP contribution in [-0.4, -0.2) is 17.5 Å². The van der Waals surface area contributed by atoms with Gasteiger partial charge in [0.05, 0.1) is 12.1 Å². The van der Waals surface area contributed by atoms with E-state index in [9.17, 15) is 4.79 Å². The SMILES string of the molecule is CC(NC(=O)N1C[C@@H]1c1ccccc1)c1ccccc1. The van der Waals surface area contributed by atoms with E-state index >= 15 is 0 Å². The van der Waals surface area contributed by atoms with Crippen molar-refractivity contribution in [2.45, 2.75) is 19.0 Å². The van der Waals surface area contributed by atoms with Crippen molar-refractivity contribution in [3.63, 3.8) is 0 Å². The summed E-state index contributed by atoms with van der Waals surface area (Å²) in [7, 11) is 0. The number of amides is 2. The van der Waals surface area contributed by atoms with Crippen LogP contribution in [0.5, 0.6) is 0 Å². The smallest absolute Gasteiger partial charge is 0.318 e. The molecular weight excluding hydrogens is 248 g/mol. The van der Waals surface area contributed by atoms with E-state index in [4.69, 9.17) is 0 Å². The number of carbonyl (C=O) groups is 1. The van der Waals surface area contributed by atoms with Gasteiger partial charge in [0.2, 0.25) is 0 Å². The van der Waals surface area contributed by atoms with Gasteiger partial charge >= 0.3 is 6.03 Å². The van der Waals surface area contributed by atoms with Crippen LogP contribution >= 0.6 is 0 Å². The lowest BCUT2D eigenvalue weighted by atomic mass is 10.1. The number of carbonyl (C=O) groups excluding carboxylic acids is 1. The molecule has 0 bridgehead atoms. The fourth-order valence-corrected chi connectivity index (χ4v) is 2.42. The predicted molar refractivity (Wildman–Crippen MR) is 79.3 cm³/mol. The molecule has 2 amide bonds. The Labute approximate surface area is 119 Å². The Morgan fingerprint density at radius 1 is 1.10 bits per heavy atom. The summed E-state index contributed by atoms with van der Waals surface area (Å²) in [6, 6.07) is 20.4. The van der Waals surface area contributed by atoms with Crippen LogP contribution in [0.3, 0.4) is 0 Å². The first kappa shape index (κ1) is 12.7. The number of nitrogens with one attached hydrogen (secondary N) is 1. The maximum Gasteiger partial charge on any atom is 0.318 e. The lowest BCUT2D eigenvalue weighted by Crippen LogP contribution is -2.31. The van der Waals surface area contributed by atoms with Crippen molar-refractivity contribution in [3.8, 4) is 0 Å². The molecule has 20 heavy (non-hydrogen) atoms. The van der Waals surface area contributed by atoms with E-state index in [0.29, 0.717) is 0 Å². The molecule has 0 aliphatic carbocycles. The summed E-state index contributed by atoms with van der Waals surface area (Å²) in [6.45, 7) is 2.81. The van der Waals surface area contributed by atoms with Crippen LogP contribution < -0.4 is 5.32 Å². The summed E-state index contributed by atoms with van der Waals surface area (Å²) in [5.41, 5.74) is 2.33. The highest BCUT2D eigenvalue weighted by Gasteiger charge is 2.39. The highest BCUT2D eigenvalue weighted by molar-refractivity contribution is 5.78. The quantitative estimate of drug-likeness (QED) is 0.847. The number of rotatable bonds is 3. The maximum atomic E-state index is 12.2. The first-order chi connectivity index (χ1) is 9.75. The van der Waals surface area contributed by atoms with Gasteiger partial charge in [-0.15, -0.1) is 0 Å². The third-order valence-corrected chi connectivity index (χ3v) is 3.70. The van der Waals surface area contributed by atoms with Crippen LogP contribution in [0, 0.1) is 0 Å². The zero-order valence-electron chi connectivity index (χ0n) is 11.5. The second-order valence-electron chi connectivity index (χ2n) is 5.16. The number of nitrogens with zero attached hydrogens (tertiary/aromatic N) is 1. The van der Waals surface area contributed by atoms with Gasteiger partial charge in [-0.05, 0) is 18.1 Å². The average Bonchev–Trinajstić information content (AvgIpc) is 3.29. The van der Waals surface area contributed by atoms with E-state index in [1.54, 1.807) is 0 Å². The Kier molecular flexibility index (Phi) is 3.42. The van der Waals surface area contributed by atoms with Crippen LogP contribution in [0.25, 0.3) is 0 Å². The lowest BCUT2D eigenvalue weighted by molar-refractivity contribution is 0.224. The Bertz CT molecular complexity index is 582. The van der Waals surface area contributed by atoms with Crippen LogP contribution in [-0.2, 0) is 0 Å². The van der Waals surface area contributed by atoms with E-state index in [0.717, 1.165) is 12.1 Å². The Morgan fingerprint density at radius 2 is 1.70 bits per heavy atom. The summed E-state index contributed by atoms with van der Waals surface area (Å²) in [5, 5.41) is 3.04. The fraction of sp³-hybridized carbons (Fsp3) is 0.235. The molecule has 1 saturated heterocycles. The monoisotopic (exact) mass is 266 g/mol. The van der Waals surface area contributed by atoms with Crippen molar-refractivity contribution < 1.29 is 4.79 Å². The molecule has 1 unspecified atom stereocenters. The van der Waals surface area contributed by atoms with Crippen molar-refractivity contribution in [1.82, 2.24) is 10.2 Å². The summed E-state index contributed by atoms with van der Waals surface area (Å²) in [5.74, 6) is 0. The van der Waals surface area contributed by atoms with Gasteiger partial charge in [-0.1, -0.05) is 60.7 Å². The molecule has 1 aliphatic rings. The molecule has 0 radical (unpaired) electrons. The third-order valence-electron chi connectivity index (χ3n) is 3.70. The van der Waals surface area contributed by atoms with Gasteiger partial charge in [-0.25, -0.2) is 4.79 Å². The molecule has 0 aromatic heterocycles. The molecule has 0 spiro atoms. The lowest BCUT2D eigenvalue weighted by Gasteiger charge is -2.15. The minimum absolute atomic E-state index is 0.00945. The molecule has 2 atom stereocenters. The molecule has 2 aromatic rings. The molecule has 1 N–H and O–H groups in total. The van der Waals surface area contributed by atoms with Crippen LogP contribution in [0.15, 0.2) is 60.7 Å². The summed E-state index contributed by atoms with van der Waals surface area (Å²) < 4.78 is 0. The van der Waals surface area contributed by atoms with E-state index in [1.807, 2.05) is 60.4 Å². The van der Waals surface area contributed by atoms with Gasteiger partial charge in [-0.2, -0.15) is 0 Å². The van der Waals surface area contributed by atoms with E-state index in [1.165, 1.54) is 5.56 Å². The van der Waals surface area contributed by atoms with Crippen molar-refractivity contribution in [1.29, 1.82) is 0 Å². The molecule has 102 valence electrons. The summed E-state index contributed by atoms with van der Waals surface area (Å²) in [4.78, 5) is 14.0. The predicted octanol–water partition coefficient (Wildman–Crippen LogP) is 3.51. The van der Waals surface area contributed by atoms with Crippen molar-refractivity contribution in [2.75, 3.05) is 6.54 Å². The van der Waals surface area contributed by atoms with Gasteiger partial charge in [0.15, 0.2) is 0 Å². The summed E-state index contributed by atoms with van der Waals surface area (Å²) in [6.07, 6.45) is 0. The third kappa shape index (κ3) is 2.67. The number of urea groups is 1. The van der Waals surface area contributed by atoms with Crippen molar-refractivity contribution >= 4 is 6.03 Å². The molecule has 3 rings (SSSR count). The largest absolute Gasteiger partial charge is 0.331 e. The minimum atomic E-state index is 0.00945. The molecule has 1 heterocycles. The van der Waals surface area contributed by atoms with E-state index < -0.39 is 0 Å². The summed E-state index contributed by atoms with van der Waals surface area (Å²) >= 11 is 0. The zero-order chi connectivity index (χ0) is 13.9. The Morgan fingerprint density at radius 3 is 2.35 bits per heavy atom. The second kappa shape index (κ2) is 5.37. The number of benzene rings is 2. The molecule has 0 saturated carbocycles. The average molecular weight is 266 g/mol. The standard InChI is InChI=1S/C17H18N2O/c1-13(14-8-4-2-5-9-14)18-17(20)19-12-16(19)15-10-6-3-7-11-15/h2-11,13,16H,12H2,1H3,(H,18,20)/t13?,16-,19?/m1/s1. The first-order valence-electron chi connectivity index (χ1n) is 6.93. The molecule has 1 aliphatic heterocycles. The molecular formula is C17H18N2O. The van der Waals surface area contributed by atoms with Crippen LogP contribution in [0.4, 0.5) is 4.79 Å². The second-order valence-corrected chi connectivity index (χ2v) is 5.16. The van der Waals surface area contributed by atoms with Crippen LogP contribution in [0.2, 0.25) is 0 Å². The van der Waals surface area contributed by atoms with Gasteiger partial charge in [0.1, 0.15) is 0 Å². The molecule has 1 fully saturated rings. The van der Waals surface area contributed by atoms with Crippen LogP contribution in [0.1, 0.15) is 30.1 Å². The topological polar surface area (TPSA) is 32.1 Å². The fourth-order valence-electron chi connectivity index (χ4n) is 2.42. The van der Waals surface area contributed by atoms with Gasteiger partial charge in [-0.3, -0.25) is 0 Å². The van der Waals surface area contributed by atoms with Crippen molar-refractivity contribution in [2.24, 2.45) is 0 Å². The highest BCUT2D eigenvalue weighted by atomic mass is 16.2. The van der Waals surface area contributed by atoms with Gasteiger partial charge < -0.3 is 10.2 Å². The molecule has 3 nitrogen and oxygen atoms in total. The van der Waals surface area contributed by atoms with E-state index in [2.05, 4.69) is 17.4 Å². The maximum absolute atomic E-state index is 12.2. The minimum Gasteiger partial charge on any atom is -0.331 e. The Balaban J connectivity index is 1.59. The van der Waals surface area contributed by atoms with E-state index in [-0.39, 0.29) is 18.1 Å². The zero-order valence-corrected chi connectivity index (χ0v) is 11.5. The molecule has 3 heteroatoms. The highest BCUT2D eigenvalue weighted by Crippen LogP contribution is 2.34. The normalized spacial score (nSPS) is 18.4. The number of hydrogen-bond donors (Lipinski definition) is 1. The molecule has 2 aromatic carbocycles. The number of hydrogen-bond acceptors (Lipinski definition) is 1. The Hall–Kier alpha value is -2.29. The van der Waals surface area contributed by atoms with Gasteiger partial charge in [0, 0.05) is 6.54 Å². The van der Waals surface area contributed by atoms with Gasteiger partial charge in [0.25, 0.3) is 0 Å². The first-order valence-corrected chi connectivity index (χ1v) is 6.93.